The molecule has 0 unspecified atom stereocenters. The quantitative estimate of drug-likeness (QED) is 0.498. The highest BCUT2D eigenvalue weighted by atomic mass is 32.2. The summed E-state index contributed by atoms with van der Waals surface area (Å²) < 4.78 is 1.67. The Bertz CT molecular complexity index is 439. The van der Waals surface area contributed by atoms with E-state index in [1.165, 1.54) is 17.5 Å². The van der Waals surface area contributed by atoms with Crippen LogP contribution in [0.25, 0.3) is 0 Å². The molecule has 0 saturated heterocycles. The largest absolute Gasteiger partial charge is 0.248 e. The van der Waals surface area contributed by atoms with Crippen LogP contribution in [0.5, 0.6) is 0 Å². The number of para-hydroxylation sites is 1. The first-order valence-electron chi connectivity index (χ1n) is 5.10. The summed E-state index contributed by atoms with van der Waals surface area (Å²) >= 11 is 1.52. The predicted molar refractivity (Wildman–Crippen MR) is 70.1 cm³/mol. The van der Waals surface area contributed by atoms with E-state index in [9.17, 15) is 0 Å². The van der Waals surface area contributed by atoms with Gasteiger partial charge in [0.25, 0.3) is 0 Å². The van der Waals surface area contributed by atoms with Crippen LogP contribution in [0.3, 0.4) is 0 Å². The molecule has 0 aliphatic carbocycles. The molecule has 2 N–H and O–H groups in total. The van der Waals surface area contributed by atoms with E-state index in [1.54, 1.807) is 4.41 Å². The second-order valence-electron chi connectivity index (χ2n) is 3.57. The molecule has 0 atom stereocenters. The van der Waals surface area contributed by atoms with Gasteiger partial charge in [-0.2, -0.15) is 0 Å². The third-order valence-electron chi connectivity index (χ3n) is 2.24. The molecule has 0 radical (unpaired) electrons. The first-order valence-corrected chi connectivity index (χ1v) is 5.87. The first kappa shape index (κ1) is 11.0. The van der Waals surface area contributed by atoms with Crippen molar-refractivity contribution in [3.63, 3.8) is 0 Å². The van der Waals surface area contributed by atoms with Crippen LogP contribution in [-0.2, 0) is 0 Å². The minimum atomic E-state index is 0.994. The van der Waals surface area contributed by atoms with Crippen LogP contribution in [-0.4, -0.2) is 0 Å². The van der Waals surface area contributed by atoms with Crippen LogP contribution >= 0.6 is 11.9 Å². The molecule has 0 amide bonds. The third kappa shape index (κ3) is 2.78. The maximum absolute atomic E-state index is 5.96. The van der Waals surface area contributed by atoms with Gasteiger partial charge >= 0.3 is 0 Å². The Morgan fingerprint density at radius 1 is 0.938 bits per heavy atom. The van der Waals surface area contributed by atoms with Crippen LogP contribution in [0.1, 0.15) is 5.56 Å². The Morgan fingerprint density at radius 3 is 2.19 bits per heavy atom. The monoisotopic (exact) mass is 230 g/mol. The van der Waals surface area contributed by atoms with Crippen LogP contribution in [0.4, 0.5) is 5.69 Å². The number of hydrogen-bond donors (Lipinski definition) is 1. The second-order valence-corrected chi connectivity index (χ2v) is 4.61. The molecule has 0 spiro atoms. The zero-order valence-corrected chi connectivity index (χ0v) is 9.95. The van der Waals surface area contributed by atoms with E-state index in [1.807, 2.05) is 30.3 Å². The van der Waals surface area contributed by atoms with Gasteiger partial charge < -0.3 is 0 Å². The number of benzene rings is 2. The minimum absolute atomic E-state index is 0.994. The van der Waals surface area contributed by atoms with Crippen molar-refractivity contribution in [2.75, 3.05) is 4.41 Å². The van der Waals surface area contributed by atoms with E-state index in [0.29, 0.717) is 0 Å². The molecule has 0 bridgehead atoms. The van der Waals surface area contributed by atoms with Gasteiger partial charge in [0, 0.05) is 16.8 Å². The smallest absolute Gasteiger partial charge is 0.0648 e. The van der Waals surface area contributed by atoms with Crippen LogP contribution in [0.15, 0.2) is 59.5 Å². The summed E-state index contributed by atoms with van der Waals surface area (Å²) in [6.07, 6.45) is 0. The SMILES string of the molecule is Cc1ccc(SN(N)c2ccccc2)cc1. The molecule has 0 aliphatic rings. The van der Waals surface area contributed by atoms with Gasteiger partial charge in [-0.15, -0.1) is 0 Å². The fraction of sp³-hybridized carbons (Fsp3) is 0.0769. The predicted octanol–water partition coefficient (Wildman–Crippen LogP) is 3.38. The topological polar surface area (TPSA) is 29.3 Å². The number of nitrogens with zero attached hydrogens (tertiary/aromatic N) is 1. The van der Waals surface area contributed by atoms with Crippen LogP contribution in [0.2, 0.25) is 0 Å². The van der Waals surface area contributed by atoms with Crippen molar-refractivity contribution in [3.05, 3.63) is 60.2 Å². The van der Waals surface area contributed by atoms with E-state index in [4.69, 9.17) is 5.84 Å². The van der Waals surface area contributed by atoms with Crippen molar-refractivity contribution >= 4 is 17.6 Å². The lowest BCUT2D eigenvalue weighted by molar-refractivity contribution is 1.20. The van der Waals surface area contributed by atoms with Crippen molar-refractivity contribution < 1.29 is 0 Å². The standard InChI is InChI=1S/C13H14N2S/c1-11-7-9-13(10-8-11)16-15(14)12-5-3-2-4-6-12/h2-10H,14H2,1H3. The molecular formula is C13H14N2S. The number of aryl methyl sites for hydroxylation is 1. The lowest BCUT2D eigenvalue weighted by Crippen LogP contribution is -2.21. The number of nitrogens with two attached hydrogens (primary N) is 1. The maximum atomic E-state index is 5.96. The highest BCUT2D eigenvalue weighted by molar-refractivity contribution is 8.00. The fourth-order valence-electron chi connectivity index (χ4n) is 1.34. The van der Waals surface area contributed by atoms with Gasteiger partial charge in [0.2, 0.25) is 0 Å². The molecule has 2 nitrogen and oxygen atoms in total. The molecule has 0 aliphatic heterocycles. The van der Waals surface area contributed by atoms with E-state index in [-0.39, 0.29) is 0 Å². The summed E-state index contributed by atoms with van der Waals surface area (Å²) in [5, 5.41) is 0. The summed E-state index contributed by atoms with van der Waals surface area (Å²) in [6.45, 7) is 2.08. The average Bonchev–Trinajstić information content (AvgIpc) is 2.33. The van der Waals surface area contributed by atoms with Gasteiger partial charge in [0.1, 0.15) is 0 Å². The van der Waals surface area contributed by atoms with Gasteiger partial charge in [0.15, 0.2) is 0 Å². The lowest BCUT2D eigenvalue weighted by Gasteiger charge is -2.16. The maximum Gasteiger partial charge on any atom is 0.0648 e. The highest BCUT2D eigenvalue weighted by Crippen LogP contribution is 2.25. The van der Waals surface area contributed by atoms with Gasteiger partial charge in [-0.3, -0.25) is 0 Å². The Balaban J connectivity index is 2.08. The summed E-state index contributed by atoms with van der Waals surface area (Å²) in [5.74, 6) is 5.96. The molecule has 2 aromatic carbocycles. The molecule has 3 heteroatoms. The van der Waals surface area contributed by atoms with Crippen molar-refractivity contribution in [1.82, 2.24) is 0 Å². The van der Waals surface area contributed by atoms with Crippen molar-refractivity contribution in [1.29, 1.82) is 0 Å². The minimum Gasteiger partial charge on any atom is -0.248 e. The summed E-state index contributed by atoms with van der Waals surface area (Å²) in [4.78, 5) is 1.14. The van der Waals surface area contributed by atoms with Crippen molar-refractivity contribution in [2.45, 2.75) is 11.8 Å². The van der Waals surface area contributed by atoms with Gasteiger partial charge in [-0.1, -0.05) is 35.9 Å². The number of hydrogen-bond acceptors (Lipinski definition) is 3. The zero-order valence-electron chi connectivity index (χ0n) is 9.13. The van der Waals surface area contributed by atoms with E-state index >= 15 is 0 Å². The molecule has 0 heterocycles. The highest BCUT2D eigenvalue weighted by Gasteiger charge is 2.02. The molecule has 0 aromatic heterocycles. The van der Waals surface area contributed by atoms with Crippen molar-refractivity contribution in [2.24, 2.45) is 5.84 Å². The summed E-state index contributed by atoms with van der Waals surface area (Å²) in [7, 11) is 0. The van der Waals surface area contributed by atoms with E-state index < -0.39 is 0 Å². The van der Waals surface area contributed by atoms with Crippen molar-refractivity contribution in [3.8, 4) is 0 Å². The van der Waals surface area contributed by atoms with Gasteiger partial charge in [0.05, 0.1) is 5.69 Å². The Kier molecular flexibility index (Phi) is 3.49. The molecule has 16 heavy (non-hydrogen) atoms. The number of hydrazine groups is 1. The Hall–Kier alpha value is -1.45. The van der Waals surface area contributed by atoms with Gasteiger partial charge in [-0.05, 0) is 31.2 Å². The molecule has 0 fully saturated rings. The Morgan fingerprint density at radius 2 is 1.56 bits per heavy atom. The number of rotatable bonds is 3. The Labute approximate surface area is 100 Å². The molecule has 82 valence electrons. The van der Waals surface area contributed by atoms with Crippen LogP contribution in [0, 0.1) is 6.92 Å². The molecule has 2 rings (SSSR count). The molecule has 2 aromatic rings. The third-order valence-corrected chi connectivity index (χ3v) is 3.13. The van der Waals surface area contributed by atoms with Crippen LogP contribution < -0.4 is 10.3 Å². The van der Waals surface area contributed by atoms with Gasteiger partial charge in [-0.25, -0.2) is 10.3 Å². The second kappa shape index (κ2) is 5.05. The normalized spacial score (nSPS) is 10.1. The summed E-state index contributed by atoms with van der Waals surface area (Å²) in [6, 6.07) is 18.2. The molecule has 0 saturated carbocycles. The first-order chi connectivity index (χ1) is 7.75. The summed E-state index contributed by atoms with van der Waals surface area (Å²) in [5.41, 5.74) is 2.25. The zero-order chi connectivity index (χ0) is 11.4. The van der Waals surface area contributed by atoms with E-state index in [2.05, 4.69) is 31.2 Å². The fourth-order valence-corrected chi connectivity index (χ4v) is 2.05. The lowest BCUT2D eigenvalue weighted by atomic mass is 10.2. The average molecular weight is 230 g/mol. The van der Waals surface area contributed by atoms with E-state index in [0.717, 1.165) is 10.6 Å². The number of anilines is 1. The molecular weight excluding hydrogens is 216 g/mol.